The predicted octanol–water partition coefficient (Wildman–Crippen LogP) is 39.4. The predicted molar refractivity (Wildman–Crippen MR) is 617 cm³/mol. The molecule has 1 aliphatic heterocycles. The average molecular weight is 1830 g/mol. The minimum atomic E-state index is -0.114. The van der Waals surface area contributed by atoms with Crippen molar-refractivity contribution in [1.29, 1.82) is 0 Å². The Morgan fingerprint density at radius 1 is 0.182 bits per heavy atom. The Bertz CT molecular complexity index is 8750. The van der Waals surface area contributed by atoms with Gasteiger partial charge in [0.2, 0.25) is 0 Å². The van der Waals surface area contributed by atoms with Crippen molar-refractivity contribution in [3.05, 3.63) is 577 Å². The third-order valence-electron chi connectivity index (χ3n) is 28.2. The summed E-state index contributed by atoms with van der Waals surface area (Å²) in [6.45, 7) is 13.3. The van der Waals surface area contributed by atoms with Crippen molar-refractivity contribution >= 4 is 179 Å². The molecule has 143 heavy (non-hydrogen) atoms. The fraction of sp³-hybridized carbons (Fsp3) is 0.0504. The van der Waals surface area contributed by atoms with Gasteiger partial charge in [-0.3, -0.25) is 0 Å². The number of hydrogen-bond donors (Lipinski definition) is 0. The van der Waals surface area contributed by atoms with E-state index in [1.165, 1.54) is 198 Å². The first kappa shape index (κ1) is 90.2. The Morgan fingerprint density at radius 3 is 0.895 bits per heavy atom. The summed E-state index contributed by atoms with van der Waals surface area (Å²) in [5.41, 5.74) is 31.4. The molecule has 0 aromatic heterocycles. The fourth-order valence-electron chi connectivity index (χ4n) is 20.3. The smallest absolute Gasteiger partial charge is 0.0503 e. The molecule has 0 saturated heterocycles. The topological polar surface area (TPSA) is 13.0 Å². The fourth-order valence-corrected chi connectivity index (χ4v) is 20.3. The van der Waals surface area contributed by atoms with E-state index in [-0.39, 0.29) is 5.41 Å². The lowest BCUT2D eigenvalue weighted by atomic mass is 9.73. The standard InChI is InChI=1S/C44H35N.C35H27N.C32H23N.C28H23N/c1-32-12-13-37(30-33(32)2)17-16-36-20-27-41(28-21-36)45(40-25-18-35(19-26-40)15-14-34-8-4-3-5-9-34)42-29-24-39-23-22-38-10-6-7-11-43(38)44(39)31-42;1-35(2)31-14-8-9-15-33(31)36(34-21-19-27(22-32(34)35)24-10-4-3-5-11-24)28-20-18-26-17-16-25-12-6-7-13-29(25)30(26)23-28;1-3-9-24(10-4-1)25-17-20-29(21-18-25)33(28-12-5-2-6-13-28)30-22-19-27-16-15-26-11-7-8-14-31(26)32(27)23-30;1-20-7-14-24(15-8-20)29(25-16-9-21(2)10-17-25)26-18-13-23-12-11-22-5-3-4-6-27(22)28(23)19-26/h3-31H,1-2H3;3-23H,1-2H3;1-23H;3-19H,1-2H3/b15-14+,17-16+;;;. The number of aryl methyl sites for hydroxylation is 4. The molecule has 24 aromatic rings. The van der Waals surface area contributed by atoms with E-state index in [1.54, 1.807) is 0 Å². The Labute approximate surface area is 838 Å². The monoisotopic (exact) mass is 1830 g/mol. The number of benzene rings is 24. The van der Waals surface area contributed by atoms with Crippen LogP contribution in [0.5, 0.6) is 0 Å². The van der Waals surface area contributed by atoms with Gasteiger partial charge in [0.1, 0.15) is 0 Å². The number of nitrogens with zero attached hydrogens (tertiary/aromatic N) is 4. The summed E-state index contributed by atoms with van der Waals surface area (Å²) in [6, 6.07) is 188. The largest absolute Gasteiger partial charge is 0.310 e. The number of anilines is 12. The second kappa shape index (κ2) is 40.2. The normalized spacial score (nSPS) is 12.0. The maximum absolute atomic E-state index is 2.45. The van der Waals surface area contributed by atoms with Crippen LogP contribution in [0.25, 0.3) is 133 Å². The molecule has 4 heteroatoms. The van der Waals surface area contributed by atoms with Crippen LogP contribution < -0.4 is 19.6 Å². The Kier molecular flexibility index (Phi) is 25.4. The lowest BCUT2D eigenvalue weighted by Gasteiger charge is -2.42. The van der Waals surface area contributed by atoms with E-state index < -0.39 is 0 Å². The zero-order valence-electron chi connectivity index (χ0n) is 81.3. The molecule has 0 N–H and O–H groups in total. The Hall–Kier alpha value is -18.0. The van der Waals surface area contributed by atoms with Gasteiger partial charge in [0, 0.05) is 62.3 Å². The van der Waals surface area contributed by atoms with Gasteiger partial charge >= 0.3 is 0 Å². The highest BCUT2D eigenvalue weighted by Gasteiger charge is 2.37. The zero-order chi connectivity index (χ0) is 96.7. The number of rotatable bonds is 16. The number of para-hydroxylation sites is 2. The molecule has 0 saturated carbocycles. The van der Waals surface area contributed by atoms with E-state index in [0.717, 1.165) is 34.1 Å². The summed E-state index contributed by atoms with van der Waals surface area (Å²) in [5, 5.41) is 20.3. The molecule has 24 aromatic carbocycles. The summed E-state index contributed by atoms with van der Waals surface area (Å²) in [7, 11) is 0. The molecule has 4 nitrogen and oxygen atoms in total. The van der Waals surface area contributed by atoms with E-state index in [1.807, 2.05) is 6.07 Å². The first-order valence-corrected chi connectivity index (χ1v) is 49.5. The first-order valence-electron chi connectivity index (χ1n) is 49.5. The summed E-state index contributed by atoms with van der Waals surface area (Å²) >= 11 is 0. The molecule has 0 fully saturated rings. The average Bonchev–Trinajstić information content (AvgIpc) is 0.717. The van der Waals surface area contributed by atoms with E-state index in [0.29, 0.717) is 0 Å². The van der Waals surface area contributed by atoms with Crippen LogP contribution in [0.15, 0.2) is 522 Å². The summed E-state index contributed by atoms with van der Waals surface area (Å²) in [4.78, 5) is 9.46. The van der Waals surface area contributed by atoms with Crippen LogP contribution in [0.4, 0.5) is 68.2 Å². The molecule has 0 radical (unpaired) electrons. The molecular formula is C139H108N4. The molecule has 0 amide bonds. The SMILES string of the molecule is CC1(C)c2ccccc2N(c2ccc3ccc4ccccc4c3c2)c2ccc(-c3ccccc3)cc21.Cc1ccc(/C=C/c2ccc(N(c3ccc(/C=C/c4ccccc4)cc3)c3ccc4ccc5ccccc5c4c3)cc2)cc1C.Cc1ccc(N(c2ccc(C)cc2)c2ccc3ccc4ccccc4c3c2)cc1.c1ccc(-c2ccc(N(c3ccccc3)c3ccc4ccc5ccccc5c4c3)cc2)cc1. The van der Waals surface area contributed by atoms with Gasteiger partial charge in [-0.05, 0) is 320 Å². The van der Waals surface area contributed by atoms with Crippen molar-refractivity contribution in [2.45, 2.75) is 47.0 Å². The van der Waals surface area contributed by atoms with Crippen LogP contribution >= 0.6 is 0 Å². The van der Waals surface area contributed by atoms with Gasteiger partial charge in [0.25, 0.3) is 0 Å². The Morgan fingerprint density at radius 2 is 0.469 bits per heavy atom. The molecule has 684 valence electrons. The van der Waals surface area contributed by atoms with E-state index >= 15 is 0 Å². The molecular weight excluding hydrogens is 1730 g/mol. The van der Waals surface area contributed by atoms with Crippen LogP contribution in [0.1, 0.15) is 69.5 Å². The molecule has 0 atom stereocenters. The maximum Gasteiger partial charge on any atom is 0.0503 e. The van der Waals surface area contributed by atoms with Crippen LogP contribution in [0, 0.1) is 27.7 Å². The van der Waals surface area contributed by atoms with Gasteiger partial charge in [0.15, 0.2) is 0 Å². The van der Waals surface area contributed by atoms with Crippen LogP contribution in [0.3, 0.4) is 0 Å². The molecule has 0 bridgehead atoms. The van der Waals surface area contributed by atoms with Gasteiger partial charge in [-0.2, -0.15) is 0 Å². The molecule has 0 unspecified atom stereocenters. The second-order valence-electron chi connectivity index (χ2n) is 37.9. The minimum absolute atomic E-state index is 0.114. The quantitative estimate of drug-likeness (QED) is 0.0706. The van der Waals surface area contributed by atoms with Crippen molar-refractivity contribution in [3.63, 3.8) is 0 Å². The molecule has 1 heterocycles. The van der Waals surface area contributed by atoms with Crippen molar-refractivity contribution < 1.29 is 0 Å². The van der Waals surface area contributed by atoms with E-state index in [4.69, 9.17) is 0 Å². The first-order chi connectivity index (χ1) is 70.3. The lowest BCUT2D eigenvalue weighted by molar-refractivity contribution is 0.632. The summed E-state index contributed by atoms with van der Waals surface area (Å²) < 4.78 is 0. The molecule has 0 aliphatic carbocycles. The van der Waals surface area contributed by atoms with Gasteiger partial charge in [-0.15, -0.1) is 0 Å². The van der Waals surface area contributed by atoms with Crippen molar-refractivity contribution in [1.82, 2.24) is 0 Å². The van der Waals surface area contributed by atoms with Gasteiger partial charge in [-0.1, -0.05) is 431 Å². The van der Waals surface area contributed by atoms with Gasteiger partial charge in [-0.25, -0.2) is 0 Å². The molecule has 0 spiro atoms. The lowest BCUT2D eigenvalue weighted by Crippen LogP contribution is -2.30. The third kappa shape index (κ3) is 19.1. The number of hydrogen-bond acceptors (Lipinski definition) is 4. The highest BCUT2D eigenvalue weighted by Crippen LogP contribution is 2.54. The summed E-state index contributed by atoms with van der Waals surface area (Å²) in [6.07, 6.45) is 8.71. The molecule has 25 rings (SSSR count). The second-order valence-corrected chi connectivity index (χ2v) is 37.9. The van der Waals surface area contributed by atoms with Crippen molar-refractivity contribution in [2.24, 2.45) is 0 Å². The zero-order valence-corrected chi connectivity index (χ0v) is 81.3. The Balaban J connectivity index is 0.000000110. The van der Waals surface area contributed by atoms with Crippen LogP contribution in [-0.2, 0) is 5.41 Å². The number of fused-ring (bicyclic) bond motifs is 14. The minimum Gasteiger partial charge on any atom is -0.310 e. The van der Waals surface area contributed by atoms with Gasteiger partial charge in [0.05, 0.1) is 11.4 Å². The highest BCUT2D eigenvalue weighted by molar-refractivity contribution is 6.13. The van der Waals surface area contributed by atoms with E-state index in [2.05, 4.69) is 601 Å². The molecule has 1 aliphatic rings. The van der Waals surface area contributed by atoms with Gasteiger partial charge < -0.3 is 19.6 Å². The van der Waals surface area contributed by atoms with Crippen LogP contribution in [0.2, 0.25) is 0 Å². The maximum atomic E-state index is 2.45. The van der Waals surface area contributed by atoms with Crippen molar-refractivity contribution in [3.8, 4) is 22.3 Å². The van der Waals surface area contributed by atoms with E-state index in [9.17, 15) is 0 Å². The van der Waals surface area contributed by atoms with Crippen molar-refractivity contribution in [2.75, 3.05) is 19.6 Å². The summed E-state index contributed by atoms with van der Waals surface area (Å²) in [5.74, 6) is 0. The van der Waals surface area contributed by atoms with Crippen LogP contribution in [-0.4, -0.2) is 0 Å². The third-order valence-corrected chi connectivity index (χ3v) is 28.2. The highest BCUT2D eigenvalue weighted by atomic mass is 15.2.